The zero-order chi connectivity index (χ0) is 21.6. The second kappa shape index (κ2) is 6.50. The quantitative estimate of drug-likeness (QED) is 0.383. The highest BCUT2D eigenvalue weighted by Crippen LogP contribution is 2.72. The number of carbonyl (C=O) groups is 3. The topological polar surface area (TPSA) is 72.9 Å². The van der Waals surface area contributed by atoms with E-state index < -0.39 is 10.8 Å². The summed E-state index contributed by atoms with van der Waals surface area (Å²) in [6, 6.07) is 0. The third-order valence-corrected chi connectivity index (χ3v) is 10.1. The largest absolute Gasteiger partial charge is 0.465 e. The molecular weight excluding hydrogens is 394 g/mol. The van der Waals surface area contributed by atoms with Crippen molar-refractivity contribution in [3.63, 3.8) is 0 Å². The summed E-state index contributed by atoms with van der Waals surface area (Å²) < 4.78 is 11.4. The van der Waals surface area contributed by atoms with Crippen LogP contribution in [0, 0.1) is 39.9 Å². The van der Waals surface area contributed by atoms with Gasteiger partial charge in [0.1, 0.15) is 0 Å². The number of Topliss-reactive ketones (excluding diaryl/α,β-unsaturated/α-hetero) is 2. The minimum atomic E-state index is -1.06. The maximum Gasteiger partial charge on any atom is 0.312 e. The molecule has 0 radical (unpaired) electrons. The Hall–Kier alpha value is -1.53. The molecule has 7 aliphatic rings. The van der Waals surface area contributed by atoms with Crippen molar-refractivity contribution in [2.45, 2.75) is 45.4 Å². The second-order valence-electron chi connectivity index (χ2n) is 11.3. The molecule has 0 amide bonds. The van der Waals surface area contributed by atoms with Gasteiger partial charge in [0.2, 0.25) is 0 Å². The monoisotopic (exact) mass is 427 g/mol. The fraction of sp³-hybridized carbons (Fsp3) is 0.800. The molecule has 2 saturated heterocycles. The van der Waals surface area contributed by atoms with E-state index in [1.54, 1.807) is 0 Å². The minimum Gasteiger partial charge on any atom is -0.465 e. The summed E-state index contributed by atoms with van der Waals surface area (Å²) in [5, 5.41) is 0. The van der Waals surface area contributed by atoms with Crippen LogP contribution in [0.2, 0.25) is 0 Å². The van der Waals surface area contributed by atoms with E-state index in [4.69, 9.17) is 9.47 Å². The summed E-state index contributed by atoms with van der Waals surface area (Å²) >= 11 is 0. The zero-order valence-electron chi connectivity index (χ0n) is 18.5. The first kappa shape index (κ1) is 20.1. The van der Waals surface area contributed by atoms with Crippen molar-refractivity contribution in [2.24, 2.45) is 39.9 Å². The molecule has 0 aromatic carbocycles. The number of ether oxygens (including phenoxy) is 2. The number of fused-ring (bicyclic) bond motifs is 2. The molecule has 6 nitrogen and oxygen atoms in total. The number of allylic oxidation sites excluding steroid dienone is 1. The molecule has 7 fully saturated rings. The van der Waals surface area contributed by atoms with Gasteiger partial charge in [0, 0.05) is 31.0 Å². The van der Waals surface area contributed by atoms with E-state index in [0.29, 0.717) is 38.4 Å². The zero-order valence-corrected chi connectivity index (χ0v) is 18.5. The predicted molar refractivity (Wildman–Crippen MR) is 112 cm³/mol. The Morgan fingerprint density at radius 3 is 2.68 bits per heavy atom. The number of ketones is 2. The predicted octanol–water partition coefficient (Wildman–Crippen LogP) is 2.41. The van der Waals surface area contributed by atoms with Crippen LogP contribution in [0.15, 0.2) is 12.2 Å². The van der Waals surface area contributed by atoms with E-state index in [0.717, 1.165) is 45.2 Å². The summed E-state index contributed by atoms with van der Waals surface area (Å²) in [6.07, 6.45) is 4.84. The van der Waals surface area contributed by atoms with Crippen molar-refractivity contribution in [3.8, 4) is 0 Å². The van der Waals surface area contributed by atoms with Crippen molar-refractivity contribution < 1.29 is 23.9 Å². The van der Waals surface area contributed by atoms with Gasteiger partial charge in [-0.15, -0.1) is 0 Å². The number of carbonyl (C=O) groups excluding carboxylic acids is 3. The first-order chi connectivity index (χ1) is 14.8. The summed E-state index contributed by atoms with van der Waals surface area (Å²) in [4.78, 5) is 44.1. The van der Waals surface area contributed by atoms with Gasteiger partial charge in [0.25, 0.3) is 0 Å². The molecule has 0 aromatic heterocycles. The van der Waals surface area contributed by atoms with E-state index in [9.17, 15) is 14.4 Å². The van der Waals surface area contributed by atoms with Gasteiger partial charge in [0.15, 0.2) is 11.6 Å². The Bertz CT molecular complexity index is 877. The van der Waals surface area contributed by atoms with Crippen LogP contribution in [0.5, 0.6) is 0 Å². The second-order valence-corrected chi connectivity index (χ2v) is 11.3. The van der Waals surface area contributed by atoms with Crippen LogP contribution < -0.4 is 0 Å². The first-order valence-electron chi connectivity index (χ1n) is 12.1. The molecule has 5 saturated carbocycles. The number of cyclic esters (lactones) is 1. The number of hydrogen-bond acceptors (Lipinski definition) is 6. The lowest BCUT2D eigenvalue weighted by molar-refractivity contribution is -0.242. The molecule has 0 aromatic rings. The van der Waals surface area contributed by atoms with E-state index >= 15 is 0 Å². The van der Waals surface area contributed by atoms with E-state index in [1.807, 2.05) is 0 Å². The van der Waals surface area contributed by atoms with Crippen molar-refractivity contribution in [3.05, 3.63) is 12.2 Å². The first-order valence-corrected chi connectivity index (χ1v) is 12.1. The third kappa shape index (κ3) is 2.33. The Morgan fingerprint density at radius 2 is 1.90 bits per heavy atom. The molecule has 31 heavy (non-hydrogen) atoms. The van der Waals surface area contributed by atoms with Crippen molar-refractivity contribution in [1.29, 1.82) is 0 Å². The number of nitrogens with zero attached hydrogens (tertiary/aromatic N) is 1. The fourth-order valence-electron chi connectivity index (χ4n) is 8.88. The third-order valence-electron chi connectivity index (χ3n) is 10.1. The van der Waals surface area contributed by atoms with Crippen LogP contribution in [-0.4, -0.2) is 61.9 Å². The number of esters is 1. The lowest BCUT2D eigenvalue weighted by Gasteiger charge is -2.69. The maximum absolute atomic E-state index is 14.4. The van der Waals surface area contributed by atoms with Gasteiger partial charge in [-0.1, -0.05) is 19.9 Å². The lowest BCUT2D eigenvalue weighted by atomic mass is 9.33. The lowest BCUT2D eigenvalue weighted by Crippen LogP contribution is -2.75. The molecule has 7 atom stereocenters. The van der Waals surface area contributed by atoms with Crippen molar-refractivity contribution >= 4 is 17.5 Å². The number of morpholine rings is 1. The number of rotatable bonds is 2. The van der Waals surface area contributed by atoms with Crippen LogP contribution in [0.1, 0.15) is 45.4 Å². The van der Waals surface area contributed by atoms with Gasteiger partial charge in [-0.25, -0.2) is 0 Å². The molecule has 3 unspecified atom stereocenters. The Labute approximate surface area is 183 Å². The standard InChI is InChI=1S/C25H33NO5/c1-15-16-4-7-25(20(15)27)18(12-16)24-6-3-5-23(2,14-31-22(24)29)19(24)17(21(25)28)13-26-8-10-30-11-9-26/h16-19H,1,3-14H2,2H3/t16-,17?,18?,19?,23-,24+,25-/m0/s1. The molecule has 2 aliphatic heterocycles. The van der Waals surface area contributed by atoms with Crippen molar-refractivity contribution in [1.82, 2.24) is 4.90 Å². The summed E-state index contributed by atoms with van der Waals surface area (Å²) in [5.41, 5.74) is -1.34. The highest BCUT2D eigenvalue weighted by molar-refractivity contribution is 6.18. The van der Waals surface area contributed by atoms with E-state index in [-0.39, 0.29) is 46.6 Å². The molecule has 0 N–H and O–H groups in total. The van der Waals surface area contributed by atoms with Gasteiger partial charge >= 0.3 is 5.97 Å². The van der Waals surface area contributed by atoms with Crippen LogP contribution >= 0.6 is 0 Å². The van der Waals surface area contributed by atoms with E-state index in [2.05, 4.69) is 18.4 Å². The fourth-order valence-corrected chi connectivity index (χ4v) is 8.88. The summed E-state index contributed by atoms with van der Waals surface area (Å²) in [5.74, 6) is -0.541. The van der Waals surface area contributed by atoms with Gasteiger partial charge < -0.3 is 9.47 Å². The Balaban J connectivity index is 1.53. The van der Waals surface area contributed by atoms with Gasteiger partial charge in [0.05, 0.1) is 30.7 Å². The molecule has 1 spiro atoms. The molecular formula is C25H33NO5. The molecule has 2 heterocycles. The van der Waals surface area contributed by atoms with Crippen LogP contribution in [-0.2, 0) is 23.9 Å². The van der Waals surface area contributed by atoms with Crippen LogP contribution in [0.4, 0.5) is 0 Å². The SMILES string of the molecule is C=C1C(=O)[C@]23CC[C@H]1CC2[C@@]12CCC[C@@](C)(COC1=O)C2C(CN1CCOCC1)C3=O. The highest BCUT2D eigenvalue weighted by Gasteiger charge is 2.78. The molecule has 4 bridgehead atoms. The smallest absolute Gasteiger partial charge is 0.312 e. The Kier molecular flexibility index (Phi) is 4.22. The average molecular weight is 428 g/mol. The molecule has 5 aliphatic carbocycles. The van der Waals surface area contributed by atoms with Gasteiger partial charge in [-0.05, 0) is 55.4 Å². The number of hydrogen-bond donors (Lipinski definition) is 0. The molecule has 7 rings (SSSR count). The minimum absolute atomic E-state index is 0.0404. The normalized spacial score (nSPS) is 49.5. The molecule has 6 heteroatoms. The van der Waals surface area contributed by atoms with Gasteiger partial charge in [-0.2, -0.15) is 0 Å². The molecule has 168 valence electrons. The van der Waals surface area contributed by atoms with E-state index in [1.165, 1.54) is 0 Å². The highest BCUT2D eigenvalue weighted by atomic mass is 16.5. The van der Waals surface area contributed by atoms with Crippen molar-refractivity contribution in [2.75, 3.05) is 39.5 Å². The van der Waals surface area contributed by atoms with Gasteiger partial charge in [-0.3, -0.25) is 19.3 Å². The summed E-state index contributed by atoms with van der Waals surface area (Å²) in [7, 11) is 0. The summed E-state index contributed by atoms with van der Waals surface area (Å²) in [6.45, 7) is 10.3. The average Bonchev–Trinajstić information content (AvgIpc) is 2.78. The Morgan fingerprint density at radius 1 is 1.13 bits per heavy atom. The van der Waals surface area contributed by atoms with Crippen LogP contribution in [0.3, 0.4) is 0 Å². The van der Waals surface area contributed by atoms with Crippen LogP contribution in [0.25, 0.3) is 0 Å². The maximum atomic E-state index is 14.4.